The Morgan fingerprint density at radius 3 is 2.29 bits per heavy atom. The number of carbonyl (C=O) groups is 3. The van der Waals surface area contributed by atoms with E-state index in [0.717, 1.165) is 50.4 Å². The van der Waals surface area contributed by atoms with Crippen LogP contribution in [0.1, 0.15) is 77.0 Å². The number of carbonyl (C=O) groups excluding carboxylic acids is 3. The average Bonchev–Trinajstić information content (AvgIpc) is 3.69. The van der Waals surface area contributed by atoms with E-state index in [-0.39, 0.29) is 30.6 Å². The quantitative estimate of drug-likeness (QED) is 0.245. The van der Waals surface area contributed by atoms with Crippen LogP contribution in [0.2, 0.25) is 0 Å². The number of methoxy groups -OCH3 is 3. The van der Waals surface area contributed by atoms with Gasteiger partial charge in [0.05, 0.1) is 42.5 Å². The van der Waals surface area contributed by atoms with Gasteiger partial charge in [0.1, 0.15) is 5.75 Å². The van der Waals surface area contributed by atoms with E-state index in [4.69, 9.17) is 18.9 Å². The van der Waals surface area contributed by atoms with Gasteiger partial charge in [-0.3, -0.25) is 9.59 Å². The van der Waals surface area contributed by atoms with E-state index in [1.165, 1.54) is 18.4 Å². The summed E-state index contributed by atoms with van der Waals surface area (Å²) in [5.74, 6) is 0.670. The van der Waals surface area contributed by atoms with E-state index < -0.39 is 12.0 Å². The second kappa shape index (κ2) is 12.9. The summed E-state index contributed by atoms with van der Waals surface area (Å²) in [7, 11) is 4.48. The first-order valence-corrected chi connectivity index (χ1v) is 14.0. The van der Waals surface area contributed by atoms with Gasteiger partial charge in [0.25, 0.3) is 0 Å². The fraction of sp³-hybridized carbons (Fsp3) is 0.552. The molecule has 0 atom stereocenters. The van der Waals surface area contributed by atoms with Crippen molar-refractivity contribution in [2.75, 3.05) is 39.4 Å². The first-order chi connectivity index (χ1) is 18.4. The van der Waals surface area contributed by atoms with Crippen molar-refractivity contribution in [2.24, 2.45) is 11.8 Å². The van der Waals surface area contributed by atoms with Gasteiger partial charge in [-0.1, -0.05) is 18.3 Å². The van der Waals surface area contributed by atoms with Crippen LogP contribution in [0.3, 0.4) is 0 Å². The highest BCUT2D eigenvalue weighted by molar-refractivity contribution is 7.15. The van der Waals surface area contributed by atoms with Gasteiger partial charge in [0.15, 0.2) is 11.3 Å². The molecule has 0 N–H and O–H groups in total. The Kier molecular flexibility index (Phi) is 9.57. The van der Waals surface area contributed by atoms with Crippen LogP contribution in [0, 0.1) is 11.8 Å². The summed E-state index contributed by atoms with van der Waals surface area (Å²) in [6.07, 6.45) is 6.55. The minimum atomic E-state index is -0.573. The Labute approximate surface area is 228 Å². The fourth-order valence-electron chi connectivity index (χ4n) is 5.17. The number of amides is 1. The number of aldehydes is 1. The van der Waals surface area contributed by atoms with Crippen LogP contribution in [0.15, 0.2) is 24.3 Å². The topological polar surface area (TPSA) is 91.4 Å². The van der Waals surface area contributed by atoms with Crippen molar-refractivity contribution in [3.05, 3.63) is 40.3 Å². The van der Waals surface area contributed by atoms with E-state index in [0.29, 0.717) is 33.2 Å². The third-order valence-electron chi connectivity index (χ3n) is 7.41. The maximum atomic E-state index is 14.0. The summed E-state index contributed by atoms with van der Waals surface area (Å²) in [4.78, 5) is 40.7. The second-order valence-corrected chi connectivity index (χ2v) is 11.3. The number of benzene rings is 1. The molecule has 0 unspecified atom stereocenters. The molecule has 38 heavy (non-hydrogen) atoms. The summed E-state index contributed by atoms with van der Waals surface area (Å²) in [6.45, 7) is 2.71. The van der Waals surface area contributed by atoms with Crippen LogP contribution in [0.4, 0.5) is 5.69 Å². The number of thiophene rings is 1. The molecule has 1 amide bonds. The number of ether oxygens (including phenoxy) is 4. The summed E-state index contributed by atoms with van der Waals surface area (Å²) >= 11 is 1.29. The Bertz CT molecular complexity index is 1130. The highest BCUT2D eigenvalue weighted by Crippen LogP contribution is 2.49. The highest BCUT2D eigenvalue weighted by Gasteiger charge is 2.36. The molecule has 1 aromatic heterocycles. The van der Waals surface area contributed by atoms with E-state index in [2.05, 4.69) is 6.92 Å². The van der Waals surface area contributed by atoms with Crippen molar-refractivity contribution in [1.82, 2.24) is 0 Å². The number of anilines is 1. The Balaban J connectivity index is 1.72. The molecular weight excluding hydrogens is 506 g/mol. The van der Waals surface area contributed by atoms with Gasteiger partial charge in [-0.2, -0.15) is 0 Å². The highest BCUT2D eigenvalue weighted by atomic mass is 32.1. The summed E-state index contributed by atoms with van der Waals surface area (Å²) in [5, 5.41) is 0.652. The van der Waals surface area contributed by atoms with E-state index >= 15 is 0 Å². The molecule has 2 saturated carbocycles. The predicted molar refractivity (Wildman–Crippen MR) is 146 cm³/mol. The molecule has 0 bridgehead atoms. The van der Waals surface area contributed by atoms with Crippen molar-refractivity contribution in [2.45, 2.75) is 57.4 Å². The lowest BCUT2D eigenvalue weighted by molar-refractivity contribution is -0.124. The number of esters is 1. The summed E-state index contributed by atoms with van der Waals surface area (Å²) in [6, 6.07) is 6.54. The summed E-state index contributed by atoms with van der Waals surface area (Å²) < 4.78 is 22.2. The molecule has 1 aromatic carbocycles. The molecule has 2 aliphatic carbocycles. The second-order valence-electron chi connectivity index (χ2n) is 10.3. The smallest absolute Gasteiger partial charge is 0.340 e. The maximum Gasteiger partial charge on any atom is 0.340 e. The average molecular weight is 544 g/mol. The van der Waals surface area contributed by atoms with Crippen molar-refractivity contribution in [3.63, 3.8) is 0 Å². The van der Waals surface area contributed by atoms with E-state index in [1.807, 2.05) is 6.07 Å². The predicted octanol–water partition coefficient (Wildman–Crippen LogP) is 5.84. The van der Waals surface area contributed by atoms with Crippen LogP contribution < -0.4 is 9.64 Å². The van der Waals surface area contributed by atoms with Crippen LogP contribution in [0.5, 0.6) is 10.8 Å². The van der Waals surface area contributed by atoms with Crippen molar-refractivity contribution < 1.29 is 33.3 Å². The Morgan fingerprint density at radius 2 is 1.71 bits per heavy atom. The van der Waals surface area contributed by atoms with Gasteiger partial charge in [-0.15, -0.1) is 0 Å². The lowest BCUT2D eigenvalue weighted by Gasteiger charge is -2.36. The SMILES string of the molecule is COCC(COC)N(C(=O)C1CCC(C)CC1)c1ccc(Oc2sc(C=O)cc2C2CC2)cc1C(=O)OC. The molecule has 0 radical (unpaired) electrons. The van der Waals surface area contributed by atoms with Gasteiger partial charge < -0.3 is 23.8 Å². The number of nitrogens with zero attached hydrogens (tertiary/aromatic N) is 1. The normalized spacial score (nSPS) is 19.3. The van der Waals surface area contributed by atoms with Gasteiger partial charge >= 0.3 is 5.97 Å². The molecule has 1 heterocycles. The van der Waals surface area contributed by atoms with Crippen LogP contribution in [-0.2, 0) is 19.0 Å². The zero-order valence-corrected chi connectivity index (χ0v) is 23.4. The van der Waals surface area contributed by atoms with Crippen LogP contribution in [-0.4, -0.2) is 58.7 Å². The molecular formula is C29H37NO7S. The standard InChI is InChI=1S/C29H37NO7S/c1-18-5-7-20(8-6-18)27(32)30(21(16-34-2)17-35-3)26-12-11-22(13-25(26)28(33)36-4)37-29-24(19-9-10-19)14-23(15-31)38-29/h11-15,18-21H,5-10,16-17H2,1-4H3. The minimum absolute atomic E-state index is 0.0419. The van der Waals surface area contributed by atoms with Crippen molar-refractivity contribution in [3.8, 4) is 10.8 Å². The van der Waals surface area contributed by atoms with Crippen LogP contribution in [0.25, 0.3) is 0 Å². The lowest BCUT2D eigenvalue weighted by atomic mass is 9.82. The molecule has 2 aromatic rings. The zero-order valence-electron chi connectivity index (χ0n) is 22.6. The number of hydrogen-bond donors (Lipinski definition) is 0. The fourth-order valence-corrected chi connectivity index (χ4v) is 6.10. The maximum absolute atomic E-state index is 14.0. The Morgan fingerprint density at radius 1 is 1.03 bits per heavy atom. The molecule has 0 saturated heterocycles. The first-order valence-electron chi connectivity index (χ1n) is 13.2. The largest absolute Gasteiger partial charge is 0.465 e. The Hall–Kier alpha value is -2.75. The first kappa shape index (κ1) is 28.3. The molecule has 0 aliphatic heterocycles. The molecule has 206 valence electrons. The molecule has 9 heteroatoms. The van der Waals surface area contributed by atoms with Crippen molar-refractivity contribution in [1.29, 1.82) is 0 Å². The van der Waals surface area contributed by atoms with Gasteiger partial charge in [-0.25, -0.2) is 4.79 Å². The third kappa shape index (κ3) is 6.45. The lowest BCUT2D eigenvalue weighted by Crippen LogP contribution is -2.49. The van der Waals surface area contributed by atoms with Crippen LogP contribution >= 0.6 is 11.3 Å². The van der Waals surface area contributed by atoms with Gasteiger partial charge in [0, 0.05) is 25.7 Å². The molecule has 2 aliphatic rings. The number of hydrogen-bond acceptors (Lipinski definition) is 8. The van der Waals surface area contributed by atoms with Crippen molar-refractivity contribution >= 4 is 35.2 Å². The van der Waals surface area contributed by atoms with E-state index in [9.17, 15) is 14.4 Å². The molecule has 4 rings (SSSR count). The molecule has 0 spiro atoms. The van der Waals surface area contributed by atoms with Gasteiger partial charge in [-0.05, 0) is 74.6 Å². The summed E-state index contributed by atoms with van der Waals surface area (Å²) in [5.41, 5.74) is 1.68. The zero-order chi connectivity index (χ0) is 27.2. The number of rotatable bonds is 12. The molecule has 2 fully saturated rings. The minimum Gasteiger partial charge on any atom is -0.465 e. The third-order valence-corrected chi connectivity index (χ3v) is 8.36. The van der Waals surface area contributed by atoms with E-state index in [1.54, 1.807) is 37.3 Å². The monoisotopic (exact) mass is 543 g/mol. The van der Waals surface area contributed by atoms with Gasteiger partial charge in [0.2, 0.25) is 5.91 Å². The molecule has 8 nitrogen and oxygen atoms in total.